The Morgan fingerprint density at radius 3 is 2.32 bits per heavy atom. The smallest absolute Gasteiger partial charge is 0.340 e. The lowest BCUT2D eigenvalue weighted by Gasteiger charge is -2.38. The highest BCUT2D eigenvalue weighted by Crippen LogP contribution is 2.44. The van der Waals surface area contributed by atoms with E-state index in [1.807, 2.05) is 0 Å². The summed E-state index contributed by atoms with van der Waals surface area (Å²) in [5.74, 6) is -3.98. The standard InChI is InChI=1S/C34H32Cl2F3N3O5/c1-45-33(44)25-13-28(37)24(14-29(25)42-20-5-6-21(42)17-46-16-20)23-4-2-3-19-15-41(18-47-31(19)23)32(43)30-26(35)11-22(12-27(30)36)40-9-7-34(38,39)8-10-40/h2-4,11-14,20-21H,5-10,15-18H2,1H3. The van der Waals surface area contributed by atoms with E-state index in [0.717, 1.165) is 12.8 Å². The molecular weight excluding hydrogens is 658 g/mol. The highest BCUT2D eigenvalue weighted by molar-refractivity contribution is 6.40. The predicted molar refractivity (Wildman–Crippen MR) is 172 cm³/mol. The average Bonchev–Trinajstić information content (AvgIpc) is 3.30. The second-order valence-corrected chi connectivity index (χ2v) is 13.2. The van der Waals surface area contributed by atoms with E-state index in [4.69, 9.17) is 37.4 Å². The largest absolute Gasteiger partial charge is 0.472 e. The van der Waals surface area contributed by atoms with Crippen LogP contribution in [-0.4, -0.2) is 74.9 Å². The van der Waals surface area contributed by atoms with Crippen molar-refractivity contribution in [1.82, 2.24) is 4.90 Å². The number of morpholine rings is 1. The van der Waals surface area contributed by atoms with Gasteiger partial charge in [-0.3, -0.25) is 4.79 Å². The molecule has 1 amide bonds. The lowest BCUT2D eigenvalue weighted by molar-refractivity contribution is -0.0220. The van der Waals surface area contributed by atoms with Gasteiger partial charge in [-0.15, -0.1) is 0 Å². The molecule has 2 unspecified atom stereocenters. The number of fused-ring (bicyclic) bond motifs is 3. The zero-order valence-electron chi connectivity index (χ0n) is 25.5. The molecule has 8 nitrogen and oxygen atoms in total. The number of nitrogens with zero attached hydrogens (tertiary/aromatic N) is 3. The maximum Gasteiger partial charge on any atom is 0.340 e. The molecule has 4 heterocycles. The van der Waals surface area contributed by atoms with E-state index in [-0.39, 0.29) is 78.0 Å². The number of para-hydroxylation sites is 1. The van der Waals surface area contributed by atoms with Crippen LogP contribution in [-0.2, 0) is 16.0 Å². The van der Waals surface area contributed by atoms with Crippen LogP contribution in [0.5, 0.6) is 5.75 Å². The van der Waals surface area contributed by atoms with Crippen molar-refractivity contribution < 1.29 is 37.0 Å². The van der Waals surface area contributed by atoms with Crippen molar-refractivity contribution in [1.29, 1.82) is 0 Å². The number of rotatable bonds is 5. The van der Waals surface area contributed by atoms with Gasteiger partial charge in [0.2, 0.25) is 0 Å². The van der Waals surface area contributed by atoms with Crippen LogP contribution in [0.15, 0.2) is 42.5 Å². The maximum absolute atomic E-state index is 15.8. The Hall–Kier alpha value is -3.67. The Balaban J connectivity index is 1.17. The number of hydrogen-bond acceptors (Lipinski definition) is 7. The summed E-state index contributed by atoms with van der Waals surface area (Å²) in [5, 5.41) is 0.207. The SMILES string of the molecule is COC(=O)c1cc(F)c(-c2cccc3c2OCN(C(=O)c2c(Cl)cc(N4CCC(F)(F)CC4)cc2Cl)C3)cc1N1C2CCC1COC2. The van der Waals surface area contributed by atoms with Gasteiger partial charge in [0, 0.05) is 48.3 Å². The van der Waals surface area contributed by atoms with Gasteiger partial charge in [-0.1, -0.05) is 41.4 Å². The third-order valence-corrected chi connectivity index (χ3v) is 10.1. The van der Waals surface area contributed by atoms with E-state index in [0.29, 0.717) is 41.5 Å². The lowest BCUT2D eigenvalue weighted by Crippen LogP contribution is -2.46. The van der Waals surface area contributed by atoms with E-state index >= 15 is 4.39 Å². The van der Waals surface area contributed by atoms with Gasteiger partial charge in [0.1, 0.15) is 11.6 Å². The zero-order chi connectivity index (χ0) is 33.0. The molecule has 0 aromatic heterocycles. The number of hydrogen-bond donors (Lipinski definition) is 0. The van der Waals surface area contributed by atoms with Gasteiger partial charge in [-0.05, 0) is 37.1 Å². The van der Waals surface area contributed by atoms with Crippen LogP contribution in [0.1, 0.15) is 52.0 Å². The topological polar surface area (TPSA) is 71.6 Å². The molecule has 7 rings (SSSR count). The highest BCUT2D eigenvalue weighted by Gasteiger charge is 2.40. The number of carbonyl (C=O) groups is 2. The summed E-state index contributed by atoms with van der Waals surface area (Å²) in [4.78, 5) is 31.8. The minimum absolute atomic E-state index is 0.0632. The second-order valence-electron chi connectivity index (χ2n) is 12.4. The van der Waals surface area contributed by atoms with E-state index in [1.165, 1.54) is 18.1 Å². The number of piperidine rings is 1. The van der Waals surface area contributed by atoms with Gasteiger partial charge >= 0.3 is 5.97 Å². The molecule has 3 aromatic carbocycles. The first-order chi connectivity index (χ1) is 22.5. The Bertz CT molecular complexity index is 1710. The fourth-order valence-electron chi connectivity index (χ4n) is 7.09. The van der Waals surface area contributed by atoms with Crippen molar-refractivity contribution in [2.75, 3.05) is 49.9 Å². The van der Waals surface area contributed by atoms with Crippen molar-refractivity contribution in [3.05, 3.63) is 75.0 Å². The number of methoxy groups -OCH3 is 1. The number of esters is 1. The molecule has 0 radical (unpaired) electrons. The Morgan fingerprint density at radius 1 is 0.979 bits per heavy atom. The number of alkyl halides is 2. The van der Waals surface area contributed by atoms with Crippen LogP contribution in [0, 0.1) is 5.82 Å². The highest BCUT2D eigenvalue weighted by atomic mass is 35.5. The first-order valence-corrected chi connectivity index (χ1v) is 16.2. The molecule has 3 aromatic rings. The summed E-state index contributed by atoms with van der Waals surface area (Å²) in [6.45, 7) is 1.32. The van der Waals surface area contributed by atoms with Crippen LogP contribution in [0.4, 0.5) is 24.5 Å². The summed E-state index contributed by atoms with van der Waals surface area (Å²) in [7, 11) is 1.27. The number of ether oxygens (including phenoxy) is 3. The maximum atomic E-state index is 15.8. The molecule has 3 fully saturated rings. The van der Waals surface area contributed by atoms with E-state index < -0.39 is 23.6 Å². The predicted octanol–water partition coefficient (Wildman–Crippen LogP) is 7.18. The molecule has 47 heavy (non-hydrogen) atoms. The molecule has 248 valence electrons. The fourth-order valence-corrected chi connectivity index (χ4v) is 7.73. The second kappa shape index (κ2) is 12.4. The molecular formula is C34H32Cl2F3N3O5. The van der Waals surface area contributed by atoms with E-state index in [2.05, 4.69) is 4.90 Å². The summed E-state index contributed by atoms with van der Waals surface area (Å²) >= 11 is 13.1. The van der Waals surface area contributed by atoms with Crippen molar-refractivity contribution in [3.63, 3.8) is 0 Å². The lowest BCUT2D eigenvalue weighted by atomic mass is 9.96. The van der Waals surface area contributed by atoms with Crippen LogP contribution < -0.4 is 14.5 Å². The Kier molecular flexibility index (Phi) is 8.42. The van der Waals surface area contributed by atoms with Crippen LogP contribution in [0.3, 0.4) is 0 Å². The summed E-state index contributed by atoms with van der Waals surface area (Å²) in [5.41, 5.74) is 2.77. The summed E-state index contributed by atoms with van der Waals surface area (Å²) in [6, 6.07) is 11.5. The molecule has 13 heteroatoms. The van der Waals surface area contributed by atoms with Gasteiger partial charge in [-0.2, -0.15) is 0 Å². The van der Waals surface area contributed by atoms with Crippen molar-refractivity contribution in [3.8, 4) is 16.9 Å². The third kappa shape index (κ3) is 5.87. The molecule has 2 atom stereocenters. The van der Waals surface area contributed by atoms with Gasteiger partial charge in [0.05, 0.1) is 65.8 Å². The number of carbonyl (C=O) groups excluding carboxylic acids is 2. The van der Waals surface area contributed by atoms with Crippen LogP contribution >= 0.6 is 23.2 Å². The molecule has 0 saturated carbocycles. The van der Waals surface area contributed by atoms with E-state index in [1.54, 1.807) is 41.3 Å². The summed E-state index contributed by atoms with van der Waals surface area (Å²) in [6.07, 6.45) is 1.26. The first kappa shape index (κ1) is 31.9. The molecule has 0 N–H and O–H groups in total. The third-order valence-electron chi connectivity index (χ3n) is 9.51. The minimum Gasteiger partial charge on any atom is -0.472 e. The zero-order valence-corrected chi connectivity index (χ0v) is 27.1. The van der Waals surface area contributed by atoms with Crippen molar-refractivity contribution in [2.24, 2.45) is 0 Å². The van der Waals surface area contributed by atoms with Gasteiger partial charge < -0.3 is 28.9 Å². The monoisotopic (exact) mass is 689 g/mol. The molecule has 0 aliphatic carbocycles. The van der Waals surface area contributed by atoms with Crippen LogP contribution in [0.25, 0.3) is 11.1 Å². The van der Waals surface area contributed by atoms with Gasteiger partial charge in [-0.25, -0.2) is 18.0 Å². The molecule has 2 bridgehead atoms. The number of anilines is 2. The van der Waals surface area contributed by atoms with Crippen LogP contribution in [0.2, 0.25) is 10.0 Å². The average molecular weight is 691 g/mol. The van der Waals surface area contributed by atoms with Gasteiger partial charge in [0.15, 0.2) is 6.73 Å². The summed E-state index contributed by atoms with van der Waals surface area (Å²) < 4.78 is 60.1. The van der Waals surface area contributed by atoms with Crippen molar-refractivity contribution in [2.45, 2.75) is 50.2 Å². The number of benzene rings is 3. The molecule has 3 saturated heterocycles. The molecule has 4 aliphatic rings. The van der Waals surface area contributed by atoms with Gasteiger partial charge in [0.25, 0.3) is 11.8 Å². The molecule has 0 spiro atoms. The molecule has 4 aliphatic heterocycles. The van der Waals surface area contributed by atoms with E-state index in [9.17, 15) is 18.4 Å². The number of amides is 1. The number of halogens is 5. The first-order valence-electron chi connectivity index (χ1n) is 15.5. The normalized spacial score (nSPS) is 21.7. The minimum atomic E-state index is -2.70. The Morgan fingerprint density at radius 2 is 1.66 bits per heavy atom. The Labute approximate surface area is 279 Å². The quantitative estimate of drug-likeness (QED) is 0.263. The van der Waals surface area contributed by atoms with Crippen molar-refractivity contribution >= 4 is 46.5 Å². The fraction of sp³-hybridized carbons (Fsp3) is 0.412.